The second kappa shape index (κ2) is 3.84. The maximum absolute atomic E-state index is 5.76. The summed E-state index contributed by atoms with van der Waals surface area (Å²) in [7, 11) is 0. The highest BCUT2D eigenvalue weighted by Crippen LogP contribution is 2.33. The van der Waals surface area contributed by atoms with E-state index in [0.717, 1.165) is 29.9 Å². The van der Waals surface area contributed by atoms with Crippen molar-refractivity contribution in [2.45, 2.75) is 33.3 Å². The molecule has 2 unspecified atom stereocenters. The minimum Gasteiger partial charge on any atom is -0.370 e. The second-order valence-electron chi connectivity index (χ2n) is 5.16. The zero-order valence-electron chi connectivity index (χ0n) is 10.6. The highest BCUT2D eigenvalue weighted by Gasteiger charge is 2.28. The fourth-order valence-corrected chi connectivity index (χ4v) is 2.67. The summed E-state index contributed by atoms with van der Waals surface area (Å²) in [6, 6.07) is 4.32. The maximum atomic E-state index is 5.76. The number of nitrogens with zero attached hydrogens (tertiary/aromatic N) is 1. The van der Waals surface area contributed by atoms with Crippen LogP contribution in [-0.2, 0) is 4.74 Å². The van der Waals surface area contributed by atoms with Gasteiger partial charge in [0.25, 0.3) is 0 Å². The van der Waals surface area contributed by atoms with E-state index in [1.54, 1.807) is 0 Å². The monoisotopic (exact) mass is 230 g/mol. The SMILES string of the molecule is Cc1cc(C)c2nc(C3OCCC3C)[nH]c2c1. The van der Waals surface area contributed by atoms with Crippen LogP contribution in [0.25, 0.3) is 11.0 Å². The number of aromatic amines is 1. The van der Waals surface area contributed by atoms with Crippen LogP contribution in [0.3, 0.4) is 0 Å². The third kappa shape index (κ3) is 1.75. The third-order valence-corrected chi connectivity index (χ3v) is 3.60. The van der Waals surface area contributed by atoms with Gasteiger partial charge in [-0.2, -0.15) is 0 Å². The molecule has 3 rings (SSSR count). The molecule has 1 aliphatic rings. The van der Waals surface area contributed by atoms with Crippen LogP contribution in [0.15, 0.2) is 12.1 Å². The van der Waals surface area contributed by atoms with Gasteiger partial charge in [0.2, 0.25) is 0 Å². The Morgan fingerprint density at radius 1 is 1.35 bits per heavy atom. The van der Waals surface area contributed by atoms with Gasteiger partial charge < -0.3 is 9.72 Å². The van der Waals surface area contributed by atoms with Crippen molar-refractivity contribution in [2.75, 3.05) is 6.61 Å². The number of ether oxygens (including phenoxy) is 1. The summed E-state index contributed by atoms with van der Waals surface area (Å²) in [5.74, 6) is 1.54. The van der Waals surface area contributed by atoms with E-state index in [9.17, 15) is 0 Å². The van der Waals surface area contributed by atoms with Gasteiger partial charge in [0.1, 0.15) is 11.9 Å². The molecule has 1 aromatic heterocycles. The number of nitrogens with one attached hydrogen (secondary N) is 1. The van der Waals surface area contributed by atoms with E-state index in [4.69, 9.17) is 9.72 Å². The lowest BCUT2D eigenvalue weighted by Crippen LogP contribution is -2.05. The molecule has 1 N–H and O–H groups in total. The Morgan fingerprint density at radius 3 is 2.88 bits per heavy atom. The van der Waals surface area contributed by atoms with Gasteiger partial charge in [0, 0.05) is 6.61 Å². The van der Waals surface area contributed by atoms with Crippen molar-refractivity contribution in [3.05, 3.63) is 29.1 Å². The van der Waals surface area contributed by atoms with Gasteiger partial charge in [-0.25, -0.2) is 4.98 Å². The van der Waals surface area contributed by atoms with Gasteiger partial charge >= 0.3 is 0 Å². The molecule has 0 bridgehead atoms. The minimum absolute atomic E-state index is 0.141. The Balaban J connectivity index is 2.10. The summed E-state index contributed by atoms with van der Waals surface area (Å²) >= 11 is 0. The molecule has 0 spiro atoms. The molecule has 1 saturated heterocycles. The fraction of sp³-hybridized carbons (Fsp3) is 0.500. The Morgan fingerprint density at radius 2 is 2.18 bits per heavy atom. The lowest BCUT2D eigenvalue weighted by Gasteiger charge is -2.10. The standard InChI is InChI=1S/C14H18N2O/c1-8-6-10(3)12-11(7-8)15-14(16-12)13-9(2)4-5-17-13/h6-7,9,13H,4-5H2,1-3H3,(H,15,16). The summed E-state index contributed by atoms with van der Waals surface area (Å²) in [6.07, 6.45) is 1.27. The first-order valence-corrected chi connectivity index (χ1v) is 6.23. The zero-order valence-corrected chi connectivity index (χ0v) is 10.6. The molecule has 0 saturated carbocycles. The van der Waals surface area contributed by atoms with E-state index in [1.807, 2.05) is 0 Å². The molecule has 3 nitrogen and oxygen atoms in total. The number of imidazole rings is 1. The Labute approximate surface area is 101 Å². The fourth-order valence-electron chi connectivity index (χ4n) is 2.67. The predicted molar refractivity (Wildman–Crippen MR) is 68.0 cm³/mol. The van der Waals surface area contributed by atoms with Crippen LogP contribution >= 0.6 is 0 Å². The van der Waals surface area contributed by atoms with E-state index in [-0.39, 0.29) is 6.10 Å². The van der Waals surface area contributed by atoms with Crippen LogP contribution in [-0.4, -0.2) is 16.6 Å². The molecular formula is C14H18N2O. The molecule has 1 fully saturated rings. The first-order chi connectivity index (χ1) is 8.15. The Bertz CT molecular complexity index is 559. The second-order valence-corrected chi connectivity index (χ2v) is 5.16. The Hall–Kier alpha value is -1.35. The molecule has 1 aliphatic heterocycles. The van der Waals surface area contributed by atoms with Gasteiger partial charge in [0.05, 0.1) is 11.0 Å². The van der Waals surface area contributed by atoms with E-state index in [2.05, 4.69) is 37.9 Å². The van der Waals surface area contributed by atoms with Gasteiger partial charge in [0.15, 0.2) is 0 Å². The number of rotatable bonds is 1. The lowest BCUT2D eigenvalue weighted by atomic mass is 10.0. The number of fused-ring (bicyclic) bond motifs is 1. The number of H-pyrrole nitrogens is 1. The largest absolute Gasteiger partial charge is 0.370 e. The van der Waals surface area contributed by atoms with Crippen molar-refractivity contribution >= 4 is 11.0 Å². The van der Waals surface area contributed by atoms with Crippen molar-refractivity contribution < 1.29 is 4.74 Å². The average molecular weight is 230 g/mol. The van der Waals surface area contributed by atoms with Crippen LogP contribution in [0.4, 0.5) is 0 Å². The molecule has 3 heteroatoms. The topological polar surface area (TPSA) is 37.9 Å². The van der Waals surface area contributed by atoms with E-state index < -0.39 is 0 Å². The number of benzene rings is 1. The van der Waals surface area contributed by atoms with Crippen molar-refractivity contribution in [1.82, 2.24) is 9.97 Å². The number of hydrogen-bond donors (Lipinski definition) is 1. The van der Waals surface area contributed by atoms with Crippen LogP contribution in [0.5, 0.6) is 0 Å². The molecule has 0 aliphatic carbocycles. The molecular weight excluding hydrogens is 212 g/mol. The Kier molecular flexibility index (Phi) is 2.44. The van der Waals surface area contributed by atoms with E-state index in [1.165, 1.54) is 11.1 Å². The zero-order chi connectivity index (χ0) is 12.0. The summed E-state index contributed by atoms with van der Waals surface area (Å²) in [6.45, 7) is 7.30. The molecule has 0 amide bonds. The highest BCUT2D eigenvalue weighted by atomic mass is 16.5. The molecule has 17 heavy (non-hydrogen) atoms. The number of hydrogen-bond acceptors (Lipinski definition) is 2. The molecule has 2 atom stereocenters. The van der Waals surface area contributed by atoms with Gasteiger partial charge in [-0.1, -0.05) is 13.0 Å². The average Bonchev–Trinajstić information content (AvgIpc) is 2.83. The van der Waals surface area contributed by atoms with Crippen molar-refractivity contribution in [1.29, 1.82) is 0 Å². The van der Waals surface area contributed by atoms with Gasteiger partial charge in [-0.05, 0) is 43.4 Å². The summed E-state index contributed by atoms with van der Waals surface area (Å²) in [4.78, 5) is 8.12. The number of aryl methyl sites for hydroxylation is 2. The maximum Gasteiger partial charge on any atom is 0.136 e. The van der Waals surface area contributed by atoms with Crippen LogP contribution < -0.4 is 0 Å². The molecule has 2 aromatic rings. The van der Waals surface area contributed by atoms with Crippen molar-refractivity contribution in [2.24, 2.45) is 5.92 Å². The summed E-state index contributed by atoms with van der Waals surface area (Å²) < 4.78 is 5.76. The highest BCUT2D eigenvalue weighted by molar-refractivity contribution is 5.79. The van der Waals surface area contributed by atoms with Crippen LogP contribution in [0.1, 0.15) is 36.4 Å². The normalized spacial score (nSPS) is 24.6. The van der Waals surface area contributed by atoms with Gasteiger partial charge in [-0.15, -0.1) is 0 Å². The van der Waals surface area contributed by atoms with Crippen molar-refractivity contribution in [3.63, 3.8) is 0 Å². The van der Waals surface area contributed by atoms with Gasteiger partial charge in [-0.3, -0.25) is 0 Å². The van der Waals surface area contributed by atoms with Crippen molar-refractivity contribution in [3.8, 4) is 0 Å². The third-order valence-electron chi connectivity index (χ3n) is 3.60. The quantitative estimate of drug-likeness (QED) is 0.816. The molecule has 2 heterocycles. The molecule has 1 aromatic carbocycles. The van der Waals surface area contributed by atoms with E-state index >= 15 is 0 Å². The summed E-state index contributed by atoms with van der Waals surface area (Å²) in [5.41, 5.74) is 4.70. The first kappa shape index (κ1) is 10.8. The summed E-state index contributed by atoms with van der Waals surface area (Å²) in [5, 5.41) is 0. The first-order valence-electron chi connectivity index (χ1n) is 6.23. The molecule has 90 valence electrons. The van der Waals surface area contributed by atoms with Crippen LogP contribution in [0.2, 0.25) is 0 Å². The van der Waals surface area contributed by atoms with E-state index in [0.29, 0.717) is 5.92 Å². The molecule has 0 radical (unpaired) electrons. The van der Waals surface area contributed by atoms with Crippen LogP contribution in [0, 0.1) is 19.8 Å². The number of aromatic nitrogens is 2. The smallest absolute Gasteiger partial charge is 0.136 e. The predicted octanol–water partition coefficient (Wildman–Crippen LogP) is 3.28. The lowest BCUT2D eigenvalue weighted by molar-refractivity contribution is 0.0883. The minimum atomic E-state index is 0.141.